The van der Waals surface area contributed by atoms with Gasteiger partial charge in [-0.05, 0) is 48.1 Å². The fraction of sp³-hybridized carbons (Fsp3) is 0.562. The molecule has 0 radical (unpaired) electrons. The molecule has 0 amide bonds. The standard InChI is InChI=1S/C16H21NS/c1-11-14-9-12(16(14,2)3)10-15(11)17-18-13-7-5-4-6-8-13/h4-8,11-12,14H,9-10H2,1-3H3/b17-15-/t11-,12+,14-/m0/s1. The summed E-state index contributed by atoms with van der Waals surface area (Å²) in [6, 6.07) is 10.5. The summed E-state index contributed by atoms with van der Waals surface area (Å²) in [7, 11) is 0. The lowest BCUT2D eigenvalue weighted by Gasteiger charge is -2.59. The highest BCUT2D eigenvalue weighted by Crippen LogP contribution is 2.60. The Balaban J connectivity index is 1.72. The van der Waals surface area contributed by atoms with E-state index in [1.54, 1.807) is 11.9 Å². The van der Waals surface area contributed by atoms with Crippen molar-refractivity contribution in [2.75, 3.05) is 0 Å². The Labute approximate surface area is 114 Å². The minimum absolute atomic E-state index is 0.551. The predicted octanol–water partition coefficient (Wildman–Crippen LogP) is 4.84. The van der Waals surface area contributed by atoms with Gasteiger partial charge in [-0.15, -0.1) is 0 Å². The molecule has 96 valence electrons. The summed E-state index contributed by atoms with van der Waals surface area (Å²) >= 11 is 1.64. The SMILES string of the molecule is C[C@@H]1/C(=N\Sc2ccccc2)C[C@H]2C[C@@H]1C2(C)C. The quantitative estimate of drug-likeness (QED) is 0.692. The van der Waals surface area contributed by atoms with Gasteiger partial charge in [0, 0.05) is 22.6 Å². The van der Waals surface area contributed by atoms with Gasteiger partial charge in [-0.3, -0.25) is 0 Å². The summed E-state index contributed by atoms with van der Waals surface area (Å²) in [5, 5.41) is 0. The largest absolute Gasteiger partial charge is 0.220 e. The molecule has 0 saturated heterocycles. The second-order valence-electron chi connectivity index (χ2n) is 6.34. The zero-order valence-corrected chi connectivity index (χ0v) is 12.2. The number of benzene rings is 1. The van der Waals surface area contributed by atoms with E-state index in [-0.39, 0.29) is 0 Å². The summed E-state index contributed by atoms with van der Waals surface area (Å²) in [6.07, 6.45) is 2.63. The molecule has 3 atom stereocenters. The van der Waals surface area contributed by atoms with Crippen LogP contribution in [0.15, 0.2) is 39.6 Å². The Hall–Kier alpha value is -0.760. The first kappa shape index (κ1) is 12.3. The van der Waals surface area contributed by atoms with E-state index >= 15 is 0 Å². The number of hydrogen-bond acceptors (Lipinski definition) is 2. The third-order valence-electron chi connectivity index (χ3n) is 5.14. The first-order chi connectivity index (χ1) is 8.59. The van der Waals surface area contributed by atoms with E-state index in [0.29, 0.717) is 11.3 Å². The second kappa shape index (κ2) is 4.41. The summed E-state index contributed by atoms with van der Waals surface area (Å²) in [5.74, 6) is 2.39. The van der Waals surface area contributed by atoms with E-state index < -0.39 is 0 Å². The first-order valence-electron chi connectivity index (χ1n) is 6.88. The Morgan fingerprint density at radius 2 is 1.94 bits per heavy atom. The Bertz CT molecular complexity index is 463. The molecule has 0 heterocycles. The highest BCUT2D eigenvalue weighted by molar-refractivity contribution is 7.98. The average Bonchev–Trinajstić information content (AvgIpc) is 2.38. The highest BCUT2D eigenvalue weighted by atomic mass is 32.2. The van der Waals surface area contributed by atoms with Gasteiger partial charge in [-0.2, -0.15) is 0 Å². The fourth-order valence-corrected chi connectivity index (χ4v) is 4.38. The number of fused-ring (bicyclic) bond motifs is 2. The van der Waals surface area contributed by atoms with Crippen molar-refractivity contribution in [2.45, 2.75) is 38.5 Å². The van der Waals surface area contributed by atoms with E-state index in [0.717, 1.165) is 11.8 Å². The van der Waals surface area contributed by atoms with Gasteiger partial charge in [0.1, 0.15) is 0 Å². The maximum atomic E-state index is 4.81. The lowest BCUT2D eigenvalue weighted by Crippen LogP contribution is -2.55. The summed E-state index contributed by atoms with van der Waals surface area (Å²) < 4.78 is 4.81. The van der Waals surface area contributed by atoms with Crippen LogP contribution in [0, 0.1) is 23.2 Å². The maximum Gasteiger partial charge on any atom is 0.0305 e. The minimum atomic E-state index is 0.551. The normalized spacial score (nSPS) is 35.3. The number of hydrogen-bond donors (Lipinski definition) is 0. The average molecular weight is 259 g/mol. The third-order valence-corrected chi connectivity index (χ3v) is 5.95. The molecule has 2 heteroatoms. The zero-order valence-electron chi connectivity index (χ0n) is 11.4. The smallest absolute Gasteiger partial charge is 0.0305 e. The van der Waals surface area contributed by atoms with Gasteiger partial charge in [0.05, 0.1) is 0 Å². The molecular formula is C16H21NS. The van der Waals surface area contributed by atoms with Gasteiger partial charge in [-0.1, -0.05) is 39.0 Å². The molecular weight excluding hydrogens is 238 g/mol. The first-order valence-corrected chi connectivity index (χ1v) is 7.65. The van der Waals surface area contributed by atoms with Crippen molar-refractivity contribution in [3.63, 3.8) is 0 Å². The highest BCUT2D eigenvalue weighted by Gasteiger charge is 2.55. The van der Waals surface area contributed by atoms with Crippen LogP contribution in [0.25, 0.3) is 0 Å². The Morgan fingerprint density at radius 1 is 1.22 bits per heavy atom. The molecule has 4 rings (SSSR count). The lowest BCUT2D eigenvalue weighted by molar-refractivity contribution is -0.0518. The van der Waals surface area contributed by atoms with E-state index in [2.05, 4.69) is 51.1 Å². The predicted molar refractivity (Wildman–Crippen MR) is 78.9 cm³/mol. The van der Waals surface area contributed by atoms with Crippen LogP contribution < -0.4 is 0 Å². The van der Waals surface area contributed by atoms with Gasteiger partial charge >= 0.3 is 0 Å². The molecule has 0 spiro atoms. The van der Waals surface area contributed by atoms with Crippen molar-refractivity contribution in [2.24, 2.45) is 27.6 Å². The van der Waals surface area contributed by atoms with Crippen LogP contribution in [0.1, 0.15) is 33.6 Å². The lowest BCUT2D eigenvalue weighted by atomic mass is 9.45. The van der Waals surface area contributed by atoms with Gasteiger partial charge in [-0.25, -0.2) is 4.40 Å². The van der Waals surface area contributed by atoms with Crippen LogP contribution in [-0.4, -0.2) is 5.71 Å². The molecule has 1 aromatic rings. The van der Waals surface area contributed by atoms with Crippen LogP contribution in [0.5, 0.6) is 0 Å². The van der Waals surface area contributed by atoms with Crippen molar-refractivity contribution in [3.05, 3.63) is 30.3 Å². The molecule has 1 nitrogen and oxygen atoms in total. The monoisotopic (exact) mass is 259 g/mol. The van der Waals surface area contributed by atoms with E-state index in [9.17, 15) is 0 Å². The molecule has 2 bridgehead atoms. The number of nitrogens with zero attached hydrogens (tertiary/aromatic N) is 1. The summed E-state index contributed by atoms with van der Waals surface area (Å²) in [4.78, 5) is 1.25. The van der Waals surface area contributed by atoms with Crippen molar-refractivity contribution in [3.8, 4) is 0 Å². The molecule has 0 N–H and O–H groups in total. The Kier molecular flexibility index (Phi) is 3.01. The molecule has 18 heavy (non-hydrogen) atoms. The van der Waals surface area contributed by atoms with Crippen molar-refractivity contribution in [1.29, 1.82) is 0 Å². The van der Waals surface area contributed by atoms with Crippen LogP contribution in [0.4, 0.5) is 0 Å². The summed E-state index contributed by atoms with van der Waals surface area (Å²) in [5.41, 5.74) is 1.99. The maximum absolute atomic E-state index is 4.81. The summed E-state index contributed by atoms with van der Waals surface area (Å²) in [6.45, 7) is 7.24. The van der Waals surface area contributed by atoms with Crippen LogP contribution >= 0.6 is 11.9 Å². The zero-order chi connectivity index (χ0) is 12.8. The van der Waals surface area contributed by atoms with Crippen molar-refractivity contribution >= 4 is 17.7 Å². The molecule has 0 aliphatic heterocycles. The van der Waals surface area contributed by atoms with Crippen LogP contribution in [0.3, 0.4) is 0 Å². The molecule has 3 aliphatic carbocycles. The van der Waals surface area contributed by atoms with Crippen molar-refractivity contribution in [1.82, 2.24) is 0 Å². The van der Waals surface area contributed by atoms with Crippen LogP contribution in [0.2, 0.25) is 0 Å². The van der Waals surface area contributed by atoms with E-state index in [4.69, 9.17) is 4.40 Å². The molecule has 1 aromatic carbocycles. The molecule has 0 unspecified atom stereocenters. The van der Waals surface area contributed by atoms with Crippen LogP contribution in [-0.2, 0) is 0 Å². The number of rotatable bonds is 2. The molecule has 0 aromatic heterocycles. The third kappa shape index (κ3) is 1.91. The molecule has 3 aliphatic rings. The topological polar surface area (TPSA) is 12.4 Å². The van der Waals surface area contributed by atoms with Gasteiger partial charge < -0.3 is 0 Å². The van der Waals surface area contributed by atoms with E-state index in [1.807, 2.05) is 0 Å². The molecule has 3 saturated carbocycles. The van der Waals surface area contributed by atoms with Gasteiger partial charge in [0.2, 0.25) is 0 Å². The minimum Gasteiger partial charge on any atom is -0.220 e. The Morgan fingerprint density at radius 3 is 2.56 bits per heavy atom. The van der Waals surface area contributed by atoms with Gasteiger partial charge in [0.15, 0.2) is 0 Å². The van der Waals surface area contributed by atoms with Crippen molar-refractivity contribution < 1.29 is 0 Å². The van der Waals surface area contributed by atoms with Gasteiger partial charge in [0.25, 0.3) is 0 Å². The fourth-order valence-electron chi connectivity index (χ4n) is 3.63. The molecule has 3 fully saturated rings. The second-order valence-corrected chi connectivity index (χ2v) is 7.18. The van der Waals surface area contributed by atoms with E-state index in [1.165, 1.54) is 23.4 Å².